The van der Waals surface area contributed by atoms with Crippen molar-refractivity contribution in [2.24, 2.45) is 5.73 Å². The van der Waals surface area contributed by atoms with Gasteiger partial charge in [0.25, 0.3) is 15.9 Å². The maximum Gasteiger partial charge on any atom is 0.273 e. The third-order valence-electron chi connectivity index (χ3n) is 3.60. The van der Waals surface area contributed by atoms with Gasteiger partial charge in [-0.05, 0) is 49.1 Å². The van der Waals surface area contributed by atoms with E-state index in [4.69, 9.17) is 10.5 Å². The molecule has 7 nitrogen and oxygen atoms in total. The average molecular weight is 434 g/mol. The molecule has 2 aromatic rings. The molecule has 1 atom stereocenters. The lowest BCUT2D eigenvalue weighted by Crippen LogP contribution is -2.32. The summed E-state index contributed by atoms with van der Waals surface area (Å²) in [5, 5.41) is 4.44. The van der Waals surface area contributed by atoms with E-state index in [1.807, 2.05) is 6.92 Å². The number of ether oxygens (including phenoxy) is 1. The number of carbonyl (C=O) groups excluding carboxylic acids is 1. The van der Waals surface area contributed by atoms with Crippen molar-refractivity contribution in [3.05, 3.63) is 41.8 Å². The van der Waals surface area contributed by atoms with Crippen molar-refractivity contribution in [2.75, 3.05) is 24.5 Å². The number of hydrogen-bond acceptors (Lipinski definition) is 6. The first-order valence-corrected chi connectivity index (χ1v) is 10.4. The molecular weight excluding hydrogens is 410 g/mol. The summed E-state index contributed by atoms with van der Waals surface area (Å²) < 4.78 is 31.9. The van der Waals surface area contributed by atoms with Crippen molar-refractivity contribution < 1.29 is 17.9 Å². The predicted molar refractivity (Wildman–Crippen MR) is 110 cm³/mol. The third-order valence-corrected chi connectivity index (χ3v) is 6.76. The first kappa shape index (κ1) is 23.2. The van der Waals surface area contributed by atoms with Gasteiger partial charge in [0.2, 0.25) is 0 Å². The second-order valence-corrected chi connectivity index (χ2v) is 8.95. The van der Waals surface area contributed by atoms with E-state index in [1.165, 1.54) is 22.7 Å². The monoisotopic (exact) mass is 433 g/mol. The molecule has 0 fully saturated rings. The maximum absolute atomic E-state index is 12.5. The number of anilines is 1. The average Bonchev–Trinajstić information content (AvgIpc) is 3.15. The van der Waals surface area contributed by atoms with Gasteiger partial charge in [-0.15, -0.1) is 23.7 Å². The zero-order valence-electron chi connectivity index (χ0n) is 15.1. The van der Waals surface area contributed by atoms with E-state index in [1.54, 1.807) is 41.8 Å². The van der Waals surface area contributed by atoms with Crippen LogP contribution in [0.3, 0.4) is 0 Å². The number of thiophene rings is 1. The van der Waals surface area contributed by atoms with Crippen molar-refractivity contribution in [3.8, 4) is 5.75 Å². The van der Waals surface area contributed by atoms with Crippen molar-refractivity contribution in [3.63, 3.8) is 0 Å². The minimum atomic E-state index is -3.57. The van der Waals surface area contributed by atoms with E-state index in [2.05, 4.69) is 5.32 Å². The Morgan fingerprint density at radius 2 is 1.96 bits per heavy atom. The summed E-state index contributed by atoms with van der Waals surface area (Å²) in [6, 6.07) is 9.82. The number of rotatable bonds is 9. The van der Waals surface area contributed by atoms with Crippen LogP contribution in [0.1, 0.15) is 13.3 Å². The molecule has 0 radical (unpaired) electrons. The van der Waals surface area contributed by atoms with Crippen LogP contribution in [-0.2, 0) is 14.8 Å². The molecule has 1 heterocycles. The van der Waals surface area contributed by atoms with E-state index in [-0.39, 0.29) is 35.2 Å². The Kier molecular flexibility index (Phi) is 9.04. The van der Waals surface area contributed by atoms with Crippen molar-refractivity contribution >= 4 is 45.4 Å². The SMILES string of the molecule is CC(N)CCNC(=O)COc1ccc(N(C)S(=O)(=O)c2cccs2)cc1.Cl. The highest BCUT2D eigenvalue weighted by molar-refractivity contribution is 7.94. The molecule has 1 unspecified atom stereocenters. The van der Waals surface area contributed by atoms with Crippen LogP contribution in [-0.4, -0.2) is 40.6 Å². The Bertz CT molecular complexity index is 809. The van der Waals surface area contributed by atoms with Gasteiger partial charge in [0.1, 0.15) is 9.96 Å². The number of benzene rings is 1. The summed E-state index contributed by atoms with van der Waals surface area (Å²) in [7, 11) is -2.07. The smallest absolute Gasteiger partial charge is 0.273 e. The second kappa shape index (κ2) is 10.5. The van der Waals surface area contributed by atoms with Crippen LogP contribution in [0.4, 0.5) is 5.69 Å². The van der Waals surface area contributed by atoms with Crippen molar-refractivity contribution in [2.45, 2.75) is 23.6 Å². The van der Waals surface area contributed by atoms with E-state index in [0.29, 0.717) is 24.4 Å². The number of hydrogen-bond donors (Lipinski definition) is 2. The van der Waals surface area contributed by atoms with E-state index >= 15 is 0 Å². The minimum Gasteiger partial charge on any atom is -0.484 e. The molecular formula is C17H24ClN3O4S2. The van der Waals surface area contributed by atoms with Gasteiger partial charge in [0, 0.05) is 19.6 Å². The van der Waals surface area contributed by atoms with Crippen LogP contribution >= 0.6 is 23.7 Å². The molecule has 0 saturated carbocycles. The lowest BCUT2D eigenvalue weighted by Gasteiger charge is -2.18. The fraction of sp³-hybridized carbons (Fsp3) is 0.353. The van der Waals surface area contributed by atoms with Crippen LogP contribution in [0.5, 0.6) is 5.75 Å². The summed E-state index contributed by atoms with van der Waals surface area (Å²) in [6.07, 6.45) is 0.700. The minimum absolute atomic E-state index is 0. The molecule has 0 saturated heterocycles. The van der Waals surface area contributed by atoms with Gasteiger partial charge < -0.3 is 15.8 Å². The van der Waals surface area contributed by atoms with Gasteiger partial charge in [-0.25, -0.2) is 8.42 Å². The number of nitrogens with one attached hydrogen (secondary N) is 1. The van der Waals surface area contributed by atoms with Gasteiger partial charge in [-0.3, -0.25) is 9.10 Å². The Morgan fingerprint density at radius 1 is 1.30 bits per heavy atom. The number of halogens is 1. The van der Waals surface area contributed by atoms with Crippen molar-refractivity contribution in [1.82, 2.24) is 5.32 Å². The Morgan fingerprint density at radius 3 is 2.52 bits per heavy atom. The molecule has 1 amide bonds. The van der Waals surface area contributed by atoms with E-state index < -0.39 is 10.0 Å². The highest BCUT2D eigenvalue weighted by Gasteiger charge is 2.22. The molecule has 0 aliphatic carbocycles. The number of nitrogens with zero attached hydrogens (tertiary/aromatic N) is 1. The second-order valence-electron chi connectivity index (χ2n) is 5.80. The number of carbonyl (C=O) groups is 1. The maximum atomic E-state index is 12.5. The molecule has 10 heteroatoms. The molecule has 0 spiro atoms. The van der Waals surface area contributed by atoms with Gasteiger partial charge >= 0.3 is 0 Å². The molecule has 1 aromatic heterocycles. The summed E-state index contributed by atoms with van der Waals surface area (Å²) in [4.78, 5) is 11.7. The zero-order chi connectivity index (χ0) is 19.2. The van der Waals surface area contributed by atoms with Crippen LogP contribution in [0.25, 0.3) is 0 Å². The summed E-state index contributed by atoms with van der Waals surface area (Å²) in [6.45, 7) is 2.27. The van der Waals surface area contributed by atoms with Gasteiger partial charge in [0.05, 0.1) is 5.69 Å². The quantitative estimate of drug-likeness (QED) is 0.631. The number of sulfonamides is 1. The first-order valence-electron chi connectivity index (χ1n) is 8.08. The number of nitrogens with two attached hydrogens (primary N) is 1. The van der Waals surface area contributed by atoms with Crippen LogP contribution in [0.15, 0.2) is 46.0 Å². The molecule has 1 aromatic carbocycles. The Balaban J connectivity index is 0.00000364. The lowest BCUT2D eigenvalue weighted by atomic mass is 10.2. The summed E-state index contributed by atoms with van der Waals surface area (Å²) >= 11 is 1.17. The topological polar surface area (TPSA) is 102 Å². The van der Waals surface area contributed by atoms with Crippen molar-refractivity contribution in [1.29, 1.82) is 0 Å². The van der Waals surface area contributed by atoms with E-state index in [9.17, 15) is 13.2 Å². The third kappa shape index (κ3) is 6.69. The Labute approximate surface area is 170 Å². The molecule has 0 bridgehead atoms. The first-order chi connectivity index (χ1) is 12.3. The molecule has 3 N–H and O–H groups in total. The lowest BCUT2D eigenvalue weighted by molar-refractivity contribution is -0.123. The zero-order valence-corrected chi connectivity index (χ0v) is 17.6. The van der Waals surface area contributed by atoms with Gasteiger partial charge in [-0.2, -0.15) is 0 Å². The Hall–Kier alpha value is -1.81. The number of amides is 1. The van der Waals surface area contributed by atoms with Gasteiger partial charge in [-0.1, -0.05) is 6.07 Å². The molecule has 150 valence electrons. The molecule has 2 rings (SSSR count). The summed E-state index contributed by atoms with van der Waals surface area (Å²) in [5.41, 5.74) is 6.12. The molecule has 27 heavy (non-hydrogen) atoms. The highest BCUT2D eigenvalue weighted by atomic mass is 35.5. The summed E-state index contributed by atoms with van der Waals surface area (Å²) in [5.74, 6) is 0.255. The normalized spacial score (nSPS) is 12.0. The van der Waals surface area contributed by atoms with Crippen LogP contribution < -0.4 is 20.1 Å². The predicted octanol–water partition coefficient (Wildman–Crippen LogP) is 2.23. The fourth-order valence-electron chi connectivity index (χ4n) is 2.08. The van der Waals surface area contributed by atoms with Gasteiger partial charge in [0.15, 0.2) is 6.61 Å². The van der Waals surface area contributed by atoms with Crippen LogP contribution in [0, 0.1) is 0 Å². The largest absolute Gasteiger partial charge is 0.484 e. The molecule has 0 aliphatic heterocycles. The molecule has 0 aliphatic rings. The van der Waals surface area contributed by atoms with E-state index in [0.717, 1.165) is 0 Å². The van der Waals surface area contributed by atoms with Crippen LogP contribution in [0.2, 0.25) is 0 Å². The fourth-order valence-corrected chi connectivity index (χ4v) is 4.43. The highest BCUT2D eigenvalue weighted by Crippen LogP contribution is 2.26. The standard InChI is InChI=1S/C17H23N3O4S2.ClH/c1-13(18)9-10-19-16(21)12-24-15-7-5-14(6-8-15)20(2)26(22,23)17-4-3-11-25-17;/h3-8,11,13H,9-10,12,18H2,1-2H3,(H,19,21);1H.